The molecule has 0 aliphatic heterocycles. The van der Waals surface area contributed by atoms with E-state index in [0.717, 1.165) is 10.6 Å². The number of nitrogens with one attached hydrogen (secondary N) is 1. The summed E-state index contributed by atoms with van der Waals surface area (Å²) in [6.07, 6.45) is 0.984. The van der Waals surface area contributed by atoms with E-state index in [-0.39, 0.29) is 29.8 Å². The van der Waals surface area contributed by atoms with E-state index in [9.17, 15) is 22.8 Å². The normalized spacial score (nSPS) is 12.2. The van der Waals surface area contributed by atoms with Crippen LogP contribution in [-0.4, -0.2) is 56.3 Å². The maximum Gasteiger partial charge on any atom is 0.244 e. The Bertz CT molecular complexity index is 1180. The molecule has 2 aromatic carbocycles. The van der Waals surface area contributed by atoms with Crippen molar-refractivity contribution in [3.63, 3.8) is 0 Å². The van der Waals surface area contributed by atoms with Crippen LogP contribution in [0.15, 0.2) is 48.5 Å². The van der Waals surface area contributed by atoms with Crippen molar-refractivity contribution in [1.29, 1.82) is 0 Å². The second kappa shape index (κ2) is 12.2. The Morgan fingerprint density at radius 2 is 1.69 bits per heavy atom. The molecule has 2 amide bonds. The third-order valence-electron chi connectivity index (χ3n) is 5.37. The number of halogens is 1. The molecule has 0 spiro atoms. The van der Waals surface area contributed by atoms with Gasteiger partial charge in [0.2, 0.25) is 21.8 Å². The number of carbonyl (C=O) groups is 3. The molecule has 0 saturated heterocycles. The quantitative estimate of drug-likeness (QED) is 0.456. The molecule has 1 N–H and O–H groups in total. The van der Waals surface area contributed by atoms with Gasteiger partial charge in [-0.15, -0.1) is 0 Å². The zero-order valence-electron chi connectivity index (χ0n) is 20.6. The number of rotatable bonds is 11. The first-order chi connectivity index (χ1) is 16.3. The van der Waals surface area contributed by atoms with Crippen LogP contribution < -0.4 is 9.62 Å². The molecule has 0 fully saturated rings. The van der Waals surface area contributed by atoms with E-state index in [1.165, 1.54) is 24.0 Å². The molecule has 0 aromatic heterocycles. The molecule has 0 unspecified atom stereocenters. The molecule has 0 saturated carbocycles. The molecule has 1 atom stereocenters. The number of ketones is 1. The van der Waals surface area contributed by atoms with E-state index in [1.807, 2.05) is 13.8 Å². The molecule has 0 heterocycles. The maximum atomic E-state index is 13.5. The highest BCUT2D eigenvalue weighted by Gasteiger charge is 2.30. The van der Waals surface area contributed by atoms with Crippen LogP contribution in [0, 0.1) is 5.92 Å². The monoisotopic (exact) mass is 521 g/mol. The molecule has 0 aliphatic carbocycles. The number of sulfonamides is 1. The van der Waals surface area contributed by atoms with E-state index in [0.29, 0.717) is 22.7 Å². The maximum absolute atomic E-state index is 13.5. The first-order valence-corrected chi connectivity index (χ1v) is 13.4. The molecule has 2 rings (SSSR count). The number of Topliss-reactive ketones (excluding diaryl/α,β-unsaturated/α-hetero) is 1. The third kappa shape index (κ3) is 8.07. The largest absolute Gasteiger partial charge is 0.354 e. The van der Waals surface area contributed by atoms with Gasteiger partial charge in [0, 0.05) is 23.7 Å². The highest BCUT2D eigenvalue weighted by molar-refractivity contribution is 7.92. The van der Waals surface area contributed by atoms with Crippen molar-refractivity contribution < 1.29 is 22.8 Å². The van der Waals surface area contributed by atoms with E-state index in [1.54, 1.807) is 43.3 Å². The van der Waals surface area contributed by atoms with Crippen LogP contribution in [-0.2, 0) is 26.2 Å². The van der Waals surface area contributed by atoms with Gasteiger partial charge in [0.25, 0.3) is 0 Å². The zero-order valence-corrected chi connectivity index (χ0v) is 22.2. The highest BCUT2D eigenvalue weighted by Crippen LogP contribution is 2.22. The van der Waals surface area contributed by atoms with Gasteiger partial charge in [0.05, 0.1) is 11.9 Å². The van der Waals surface area contributed by atoms with Gasteiger partial charge in [-0.1, -0.05) is 55.8 Å². The summed E-state index contributed by atoms with van der Waals surface area (Å²) < 4.78 is 26.2. The zero-order chi connectivity index (χ0) is 26.3. The van der Waals surface area contributed by atoms with Gasteiger partial charge in [0.15, 0.2) is 5.78 Å². The van der Waals surface area contributed by atoms with Crippen LogP contribution in [0.2, 0.25) is 5.02 Å². The highest BCUT2D eigenvalue weighted by atomic mass is 35.5. The smallest absolute Gasteiger partial charge is 0.244 e. The van der Waals surface area contributed by atoms with Crippen molar-refractivity contribution in [3.8, 4) is 0 Å². The minimum atomic E-state index is -3.89. The van der Waals surface area contributed by atoms with E-state index >= 15 is 0 Å². The Balaban J connectivity index is 2.42. The summed E-state index contributed by atoms with van der Waals surface area (Å²) in [4.78, 5) is 39.5. The average Bonchev–Trinajstić information content (AvgIpc) is 2.79. The van der Waals surface area contributed by atoms with Gasteiger partial charge in [0.1, 0.15) is 12.6 Å². The predicted molar refractivity (Wildman–Crippen MR) is 138 cm³/mol. The van der Waals surface area contributed by atoms with Crippen molar-refractivity contribution in [2.24, 2.45) is 5.92 Å². The van der Waals surface area contributed by atoms with Gasteiger partial charge in [-0.25, -0.2) is 8.42 Å². The van der Waals surface area contributed by atoms with Crippen LogP contribution in [0.5, 0.6) is 0 Å². The lowest BCUT2D eigenvalue weighted by Crippen LogP contribution is -2.51. The fraction of sp³-hybridized carbons (Fsp3) is 0.400. The predicted octanol–water partition coefficient (Wildman–Crippen LogP) is 3.50. The molecule has 35 heavy (non-hydrogen) atoms. The van der Waals surface area contributed by atoms with Gasteiger partial charge in [-0.2, -0.15) is 0 Å². The Labute approximate surface area is 212 Å². The molecule has 8 nitrogen and oxygen atoms in total. The van der Waals surface area contributed by atoms with Crippen molar-refractivity contribution in [3.05, 3.63) is 64.7 Å². The summed E-state index contributed by atoms with van der Waals surface area (Å²) in [5, 5.41) is 3.24. The lowest BCUT2D eigenvalue weighted by molar-refractivity contribution is -0.139. The van der Waals surface area contributed by atoms with Crippen molar-refractivity contribution >= 4 is 44.9 Å². The van der Waals surface area contributed by atoms with Crippen molar-refractivity contribution in [2.45, 2.75) is 40.3 Å². The number of hydrogen-bond donors (Lipinski definition) is 1. The Morgan fingerprint density at radius 3 is 2.26 bits per heavy atom. The first-order valence-electron chi connectivity index (χ1n) is 11.2. The van der Waals surface area contributed by atoms with E-state index in [4.69, 9.17) is 11.6 Å². The van der Waals surface area contributed by atoms with Crippen LogP contribution in [0.4, 0.5) is 5.69 Å². The molecule has 2 aromatic rings. The summed E-state index contributed by atoms with van der Waals surface area (Å²) in [6, 6.07) is 12.1. The fourth-order valence-corrected chi connectivity index (χ4v) is 4.38. The van der Waals surface area contributed by atoms with E-state index in [2.05, 4.69) is 5.32 Å². The number of anilines is 1. The minimum Gasteiger partial charge on any atom is -0.354 e. The molecular formula is C25H32ClN3O5S. The van der Waals surface area contributed by atoms with Gasteiger partial charge in [-0.3, -0.25) is 18.7 Å². The molecule has 0 radical (unpaired) electrons. The molecule has 0 aliphatic rings. The summed E-state index contributed by atoms with van der Waals surface area (Å²) in [7, 11) is -3.89. The second-order valence-corrected chi connectivity index (χ2v) is 11.1. The van der Waals surface area contributed by atoms with Gasteiger partial charge < -0.3 is 10.2 Å². The van der Waals surface area contributed by atoms with E-state index < -0.39 is 28.5 Å². The topological polar surface area (TPSA) is 104 Å². The third-order valence-corrected chi connectivity index (χ3v) is 6.88. The lowest BCUT2D eigenvalue weighted by Gasteiger charge is -2.32. The molecule has 10 heteroatoms. The average molecular weight is 522 g/mol. The number of carbonyl (C=O) groups excluding carboxylic acids is 3. The van der Waals surface area contributed by atoms with Crippen molar-refractivity contribution in [1.82, 2.24) is 10.2 Å². The SMILES string of the molecule is CC(=O)c1cccc(N(CC(=O)N(Cc2ccccc2Cl)[C@@H](C)C(=O)NCC(C)C)S(C)(=O)=O)c1. The van der Waals surface area contributed by atoms with Crippen LogP contribution >= 0.6 is 11.6 Å². The number of nitrogens with zero attached hydrogens (tertiary/aromatic N) is 2. The van der Waals surface area contributed by atoms with Crippen LogP contribution in [0.3, 0.4) is 0 Å². The summed E-state index contributed by atoms with van der Waals surface area (Å²) in [6.45, 7) is 6.77. The standard InChI is InChI=1S/C25H32ClN3O5S/c1-17(2)14-27-25(32)18(3)28(15-21-9-6-7-12-23(21)26)24(31)16-29(35(5,33)34)22-11-8-10-20(13-22)19(4)30/h6-13,17-18H,14-16H2,1-5H3,(H,27,32)/t18-/m0/s1. The second-order valence-electron chi connectivity index (χ2n) is 8.80. The number of benzene rings is 2. The van der Waals surface area contributed by atoms with Crippen LogP contribution in [0.25, 0.3) is 0 Å². The van der Waals surface area contributed by atoms with Gasteiger partial charge in [-0.05, 0) is 43.5 Å². The fourth-order valence-electron chi connectivity index (χ4n) is 3.34. The molecular weight excluding hydrogens is 490 g/mol. The van der Waals surface area contributed by atoms with Crippen molar-refractivity contribution in [2.75, 3.05) is 23.7 Å². The molecule has 190 valence electrons. The Hall–Kier alpha value is -2.91. The Kier molecular flexibility index (Phi) is 9.85. The number of hydrogen-bond acceptors (Lipinski definition) is 5. The summed E-state index contributed by atoms with van der Waals surface area (Å²) in [5.74, 6) is -0.963. The summed E-state index contributed by atoms with van der Waals surface area (Å²) >= 11 is 6.30. The number of amides is 2. The molecule has 0 bridgehead atoms. The first kappa shape index (κ1) is 28.3. The van der Waals surface area contributed by atoms with Crippen LogP contribution in [0.1, 0.15) is 43.6 Å². The minimum absolute atomic E-state index is 0.0137. The van der Waals surface area contributed by atoms with Gasteiger partial charge >= 0.3 is 0 Å². The summed E-state index contributed by atoms with van der Waals surface area (Å²) in [5.41, 5.74) is 1.12. The Morgan fingerprint density at radius 1 is 1.03 bits per heavy atom. The lowest BCUT2D eigenvalue weighted by atomic mass is 10.1.